The fourth-order valence-electron chi connectivity index (χ4n) is 2.85. The van der Waals surface area contributed by atoms with Crippen molar-refractivity contribution in [1.29, 1.82) is 0 Å². The summed E-state index contributed by atoms with van der Waals surface area (Å²) in [6, 6.07) is 11.6. The molecule has 0 aliphatic rings. The SMILES string of the molecule is CN=C(NCc1ccc(-n2ccnc2)c(F)c1)NCc1ccc(C)cc1SC.I. The van der Waals surface area contributed by atoms with E-state index < -0.39 is 0 Å². The number of hydrogen-bond acceptors (Lipinski definition) is 3. The third kappa shape index (κ3) is 6.20. The van der Waals surface area contributed by atoms with Crippen molar-refractivity contribution in [3.05, 3.63) is 77.6 Å². The third-order valence-electron chi connectivity index (χ3n) is 4.37. The maximum atomic E-state index is 14.4. The number of rotatable bonds is 6. The summed E-state index contributed by atoms with van der Waals surface area (Å²) in [5, 5.41) is 6.55. The Balaban J connectivity index is 0.00000300. The number of aliphatic imine (C=N–C) groups is 1. The molecule has 0 unspecified atom stereocenters. The average molecular weight is 525 g/mol. The van der Waals surface area contributed by atoms with Gasteiger partial charge in [-0.3, -0.25) is 4.99 Å². The van der Waals surface area contributed by atoms with E-state index in [9.17, 15) is 4.39 Å². The van der Waals surface area contributed by atoms with Gasteiger partial charge in [-0.25, -0.2) is 9.37 Å². The van der Waals surface area contributed by atoms with Crippen LogP contribution >= 0.6 is 35.7 Å². The lowest BCUT2D eigenvalue weighted by Crippen LogP contribution is -2.36. The van der Waals surface area contributed by atoms with Crippen LogP contribution in [0.2, 0.25) is 0 Å². The second-order valence-corrected chi connectivity index (χ2v) is 7.20. The van der Waals surface area contributed by atoms with Crippen molar-refractivity contribution in [2.75, 3.05) is 13.3 Å². The van der Waals surface area contributed by atoms with Crippen LogP contribution < -0.4 is 10.6 Å². The average Bonchev–Trinajstić information content (AvgIpc) is 3.23. The Morgan fingerprint density at radius 3 is 2.62 bits per heavy atom. The van der Waals surface area contributed by atoms with Gasteiger partial charge >= 0.3 is 0 Å². The van der Waals surface area contributed by atoms with E-state index in [2.05, 4.69) is 52.0 Å². The summed E-state index contributed by atoms with van der Waals surface area (Å²) in [5.74, 6) is 0.385. The van der Waals surface area contributed by atoms with Gasteiger partial charge in [0.1, 0.15) is 5.82 Å². The molecule has 29 heavy (non-hydrogen) atoms. The highest BCUT2D eigenvalue weighted by Crippen LogP contribution is 2.21. The Kier molecular flexibility index (Phi) is 8.97. The molecule has 0 amide bonds. The zero-order valence-electron chi connectivity index (χ0n) is 16.6. The lowest BCUT2D eigenvalue weighted by Gasteiger charge is -2.14. The molecule has 0 atom stereocenters. The number of hydrogen-bond donors (Lipinski definition) is 2. The number of guanidine groups is 1. The summed E-state index contributed by atoms with van der Waals surface area (Å²) < 4.78 is 16.0. The van der Waals surface area contributed by atoms with E-state index in [-0.39, 0.29) is 29.8 Å². The van der Waals surface area contributed by atoms with Gasteiger partial charge in [0.05, 0.1) is 12.0 Å². The van der Waals surface area contributed by atoms with Gasteiger partial charge in [-0.05, 0) is 48.1 Å². The zero-order chi connectivity index (χ0) is 19.9. The maximum absolute atomic E-state index is 14.4. The van der Waals surface area contributed by atoms with Gasteiger partial charge in [0, 0.05) is 37.4 Å². The van der Waals surface area contributed by atoms with Crippen molar-refractivity contribution in [2.24, 2.45) is 4.99 Å². The minimum Gasteiger partial charge on any atom is -0.352 e. The molecule has 0 bridgehead atoms. The summed E-state index contributed by atoms with van der Waals surface area (Å²) in [6.07, 6.45) is 7.00. The first kappa shape index (κ1) is 23.2. The van der Waals surface area contributed by atoms with Crippen LogP contribution in [0.3, 0.4) is 0 Å². The number of nitrogens with one attached hydrogen (secondary N) is 2. The van der Waals surface area contributed by atoms with Gasteiger partial charge < -0.3 is 15.2 Å². The maximum Gasteiger partial charge on any atom is 0.191 e. The molecule has 1 heterocycles. The third-order valence-corrected chi connectivity index (χ3v) is 5.19. The zero-order valence-corrected chi connectivity index (χ0v) is 19.8. The molecule has 5 nitrogen and oxygen atoms in total. The van der Waals surface area contributed by atoms with Gasteiger partial charge in [0.2, 0.25) is 0 Å². The largest absolute Gasteiger partial charge is 0.352 e. The summed E-state index contributed by atoms with van der Waals surface area (Å²) in [4.78, 5) is 9.46. The molecule has 0 aliphatic carbocycles. The first-order chi connectivity index (χ1) is 13.6. The summed E-state index contributed by atoms with van der Waals surface area (Å²) in [6.45, 7) is 3.24. The predicted octanol–water partition coefficient (Wildman–Crippen LogP) is 4.52. The molecule has 154 valence electrons. The normalized spacial score (nSPS) is 11.1. The highest BCUT2D eigenvalue weighted by atomic mass is 127. The van der Waals surface area contributed by atoms with Crippen LogP contribution in [0.1, 0.15) is 16.7 Å². The number of aromatic nitrogens is 2. The van der Waals surface area contributed by atoms with Crippen LogP contribution in [0, 0.1) is 12.7 Å². The van der Waals surface area contributed by atoms with Crippen molar-refractivity contribution in [2.45, 2.75) is 24.9 Å². The minimum atomic E-state index is -0.287. The van der Waals surface area contributed by atoms with Crippen molar-refractivity contribution in [3.63, 3.8) is 0 Å². The standard InChI is InChI=1S/C21H24FN5S.HI/c1-15-4-6-17(20(10-15)28-3)13-26-21(23-2)25-12-16-5-7-19(18(22)11-16)27-9-8-24-14-27;/h4-11,14H,12-13H2,1-3H3,(H2,23,25,26);1H. The Bertz CT molecular complexity index is 960. The summed E-state index contributed by atoms with van der Waals surface area (Å²) in [7, 11) is 1.72. The molecular weight excluding hydrogens is 500 g/mol. The molecule has 0 saturated carbocycles. The van der Waals surface area contributed by atoms with Crippen LogP contribution in [-0.4, -0.2) is 28.8 Å². The lowest BCUT2D eigenvalue weighted by molar-refractivity contribution is 0.615. The molecule has 3 rings (SSSR count). The molecule has 1 aromatic heterocycles. The number of aryl methyl sites for hydroxylation is 1. The fraction of sp³-hybridized carbons (Fsp3) is 0.238. The lowest BCUT2D eigenvalue weighted by atomic mass is 10.1. The van der Waals surface area contributed by atoms with E-state index in [1.54, 1.807) is 48.2 Å². The first-order valence-electron chi connectivity index (χ1n) is 8.95. The highest BCUT2D eigenvalue weighted by molar-refractivity contribution is 14.0. The topological polar surface area (TPSA) is 54.2 Å². The van der Waals surface area contributed by atoms with Crippen LogP contribution in [0.5, 0.6) is 0 Å². The molecule has 0 saturated heterocycles. The molecule has 8 heteroatoms. The quantitative estimate of drug-likeness (QED) is 0.215. The van der Waals surface area contributed by atoms with E-state index in [4.69, 9.17) is 0 Å². The molecule has 3 aromatic rings. The van der Waals surface area contributed by atoms with E-state index in [0.29, 0.717) is 24.7 Å². The first-order valence-corrected chi connectivity index (χ1v) is 10.2. The van der Waals surface area contributed by atoms with Crippen LogP contribution in [0.25, 0.3) is 5.69 Å². The van der Waals surface area contributed by atoms with Gasteiger partial charge in [0.15, 0.2) is 5.96 Å². The monoisotopic (exact) mass is 525 g/mol. The van der Waals surface area contributed by atoms with E-state index in [1.807, 2.05) is 6.07 Å². The van der Waals surface area contributed by atoms with Crippen molar-refractivity contribution in [3.8, 4) is 5.69 Å². The number of benzene rings is 2. The molecular formula is C21H25FIN5S. The fourth-order valence-corrected chi connectivity index (χ4v) is 3.56. The smallest absolute Gasteiger partial charge is 0.191 e. The van der Waals surface area contributed by atoms with Gasteiger partial charge in [0.25, 0.3) is 0 Å². The van der Waals surface area contributed by atoms with Crippen LogP contribution in [0.15, 0.2) is 65.0 Å². The molecule has 0 aliphatic heterocycles. The van der Waals surface area contributed by atoms with E-state index >= 15 is 0 Å². The Hall–Kier alpha value is -2.07. The van der Waals surface area contributed by atoms with Crippen LogP contribution in [0.4, 0.5) is 4.39 Å². The molecule has 0 fully saturated rings. The number of nitrogens with zero attached hydrogens (tertiary/aromatic N) is 3. The highest BCUT2D eigenvalue weighted by Gasteiger charge is 2.07. The van der Waals surface area contributed by atoms with Gasteiger partial charge in [-0.1, -0.05) is 18.2 Å². The van der Waals surface area contributed by atoms with E-state index in [1.165, 1.54) is 22.1 Å². The van der Waals surface area contributed by atoms with Crippen LogP contribution in [-0.2, 0) is 13.1 Å². The second kappa shape index (κ2) is 11.2. The van der Waals surface area contributed by atoms with Gasteiger partial charge in [-0.15, -0.1) is 35.7 Å². The van der Waals surface area contributed by atoms with E-state index in [0.717, 1.165) is 5.56 Å². The number of thioether (sulfide) groups is 1. The molecule has 2 N–H and O–H groups in total. The number of imidazole rings is 1. The van der Waals surface area contributed by atoms with Crippen molar-refractivity contribution >= 4 is 41.7 Å². The van der Waals surface area contributed by atoms with Crippen molar-refractivity contribution < 1.29 is 4.39 Å². The van der Waals surface area contributed by atoms with Gasteiger partial charge in [-0.2, -0.15) is 0 Å². The summed E-state index contributed by atoms with van der Waals surface area (Å²) in [5.41, 5.74) is 3.78. The Morgan fingerprint density at radius 2 is 1.97 bits per heavy atom. The Morgan fingerprint density at radius 1 is 1.17 bits per heavy atom. The predicted molar refractivity (Wildman–Crippen MR) is 129 cm³/mol. The second-order valence-electron chi connectivity index (χ2n) is 6.35. The summed E-state index contributed by atoms with van der Waals surface area (Å²) >= 11 is 1.73. The molecule has 0 radical (unpaired) electrons. The number of halogens is 2. The molecule has 2 aromatic carbocycles. The minimum absolute atomic E-state index is 0. The Labute approximate surface area is 192 Å². The van der Waals surface area contributed by atoms with Crippen molar-refractivity contribution in [1.82, 2.24) is 20.2 Å². The molecule has 0 spiro atoms.